The lowest BCUT2D eigenvalue weighted by Crippen LogP contribution is -1.83. The number of methoxy groups -OCH3 is 1. The number of fused-ring (bicyclic) bond motifs is 1. The Balaban J connectivity index is 2.82. The van der Waals surface area contributed by atoms with Crippen LogP contribution < -0.4 is 4.74 Å². The van der Waals surface area contributed by atoms with E-state index in [1.54, 1.807) is 18.9 Å². The molecule has 1 nitrogen and oxygen atoms in total. The van der Waals surface area contributed by atoms with Crippen molar-refractivity contribution in [2.45, 2.75) is 4.90 Å². The second-order valence-corrected chi connectivity index (χ2v) is 6.42. The molecule has 0 radical (unpaired) electrons. The Labute approximate surface area is 105 Å². The summed E-state index contributed by atoms with van der Waals surface area (Å²) < 4.78 is 8.02. The van der Waals surface area contributed by atoms with E-state index in [1.165, 1.54) is 17.9 Å². The van der Waals surface area contributed by atoms with Crippen molar-refractivity contribution in [2.75, 3.05) is 13.4 Å². The van der Waals surface area contributed by atoms with Gasteiger partial charge in [0.05, 0.1) is 9.99 Å². The van der Waals surface area contributed by atoms with E-state index in [0.717, 1.165) is 5.75 Å². The van der Waals surface area contributed by atoms with Crippen molar-refractivity contribution >= 4 is 55.8 Å². The molecule has 0 saturated heterocycles. The maximum Gasteiger partial charge on any atom is 0.128 e. The summed E-state index contributed by atoms with van der Waals surface area (Å²) >= 11 is 5.99. The number of thioether (sulfide) groups is 1. The molecule has 74 valence electrons. The van der Waals surface area contributed by atoms with Crippen LogP contribution in [0, 0.1) is 2.88 Å². The molecule has 0 N–H and O–H groups in total. The van der Waals surface area contributed by atoms with Gasteiger partial charge in [-0.3, -0.25) is 0 Å². The number of hydrogen-bond donors (Lipinski definition) is 0. The van der Waals surface area contributed by atoms with Gasteiger partial charge in [-0.15, -0.1) is 23.1 Å². The van der Waals surface area contributed by atoms with Crippen LogP contribution in [0.1, 0.15) is 0 Å². The van der Waals surface area contributed by atoms with Crippen molar-refractivity contribution < 1.29 is 4.74 Å². The van der Waals surface area contributed by atoms with Crippen molar-refractivity contribution in [1.29, 1.82) is 0 Å². The highest BCUT2D eigenvalue weighted by Crippen LogP contribution is 2.42. The highest BCUT2D eigenvalue weighted by atomic mass is 127. The molecule has 1 aromatic heterocycles. The van der Waals surface area contributed by atoms with Gasteiger partial charge in [0.1, 0.15) is 5.75 Å². The van der Waals surface area contributed by atoms with E-state index in [2.05, 4.69) is 34.9 Å². The Hall–Kier alpha value is 0.0600. The summed E-state index contributed by atoms with van der Waals surface area (Å²) in [5.74, 6) is 0.978. The summed E-state index contributed by atoms with van der Waals surface area (Å²) in [6.07, 6.45) is 2.11. The molecule has 2 aromatic rings. The van der Waals surface area contributed by atoms with Gasteiger partial charge in [0.25, 0.3) is 0 Å². The SMILES string of the molecule is COc1cccc2sc(I)c(SC)c12. The first kappa shape index (κ1) is 10.6. The third-order valence-electron chi connectivity index (χ3n) is 2.02. The molecule has 0 bridgehead atoms. The van der Waals surface area contributed by atoms with Crippen molar-refractivity contribution in [3.8, 4) is 5.75 Å². The fourth-order valence-electron chi connectivity index (χ4n) is 1.41. The van der Waals surface area contributed by atoms with Crippen molar-refractivity contribution in [3.63, 3.8) is 0 Å². The molecule has 4 heteroatoms. The summed E-state index contributed by atoms with van der Waals surface area (Å²) in [6, 6.07) is 6.20. The van der Waals surface area contributed by atoms with Gasteiger partial charge in [-0.05, 0) is 41.0 Å². The molecule has 0 aliphatic carbocycles. The third kappa shape index (κ3) is 1.63. The molecule has 0 unspecified atom stereocenters. The Morgan fingerprint density at radius 2 is 2.21 bits per heavy atom. The Morgan fingerprint density at radius 3 is 2.86 bits per heavy atom. The van der Waals surface area contributed by atoms with E-state index < -0.39 is 0 Å². The largest absolute Gasteiger partial charge is 0.496 e. The Bertz CT molecular complexity index is 464. The minimum Gasteiger partial charge on any atom is -0.496 e. The van der Waals surface area contributed by atoms with Gasteiger partial charge >= 0.3 is 0 Å². The number of hydrogen-bond acceptors (Lipinski definition) is 3. The second-order valence-electron chi connectivity index (χ2n) is 2.74. The van der Waals surface area contributed by atoms with E-state index in [1.807, 2.05) is 23.5 Å². The van der Waals surface area contributed by atoms with Gasteiger partial charge in [-0.25, -0.2) is 0 Å². The van der Waals surface area contributed by atoms with Crippen LogP contribution in [0.3, 0.4) is 0 Å². The van der Waals surface area contributed by atoms with E-state index in [4.69, 9.17) is 4.74 Å². The topological polar surface area (TPSA) is 9.23 Å². The summed E-state index contributed by atoms with van der Waals surface area (Å²) in [7, 11) is 1.73. The minimum atomic E-state index is 0.978. The summed E-state index contributed by atoms with van der Waals surface area (Å²) in [5.41, 5.74) is 0. The lowest BCUT2D eigenvalue weighted by molar-refractivity contribution is 0.419. The fourth-order valence-corrected chi connectivity index (χ4v) is 4.91. The van der Waals surface area contributed by atoms with Crippen LogP contribution >= 0.6 is 45.7 Å². The molecule has 0 aliphatic heterocycles. The number of ether oxygens (including phenoxy) is 1. The summed E-state index contributed by atoms with van der Waals surface area (Å²) in [6.45, 7) is 0. The molecule has 14 heavy (non-hydrogen) atoms. The smallest absolute Gasteiger partial charge is 0.128 e. The number of halogens is 1. The lowest BCUT2D eigenvalue weighted by Gasteiger charge is -2.02. The second kappa shape index (κ2) is 4.28. The van der Waals surface area contributed by atoms with Crippen molar-refractivity contribution in [3.05, 3.63) is 21.1 Å². The van der Waals surface area contributed by atoms with Gasteiger partial charge in [0, 0.05) is 15.0 Å². The molecule has 0 saturated carbocycles. The number of rotatable bonds is 2. The van der Waals surface area contributed by atoms with Gasteiger partial charge < -0.3 is 4.74 Å². The molecule has 0 atom stereocenters. The zero-order chi connectivity index (χ0) is 10.1. The fraction of sp³-hybridized carbons (Fsp3) is 0.200. The highest BCUT2D eigenvalue weighted by Gasteiger charge is 2.12. The predicted molar refractivity (Wildman–Crippen MR) is 72.9 cm³/mol. The minimum absolute atomic E-state index is 0.978. The van der Waals surface area contributed by atoms with Crippen LogP contribution in [0.5, 0.6) is 5.75 Å². The molecular formula is C10H9IOS2. The quantitative estimate of drug-likeness (QED) is 0.599. The Morgan fingerprint density at radius 1 is 1.43 bits per heavy atom. The van der Waals surface area contributed by atoms with E-state index >= 15 is 0 Å². The maximum atomic E-state index is 5.37. The van der Waals surface area contributed by atoms with Crippen LogP contribution in [0.2, 0.25) is 0 Å². The zero-order valence-electron chi connectivity index (χ0n) is 7.83. The molecule has 2 rings (SSSR count). The van der Waals surface area contributed by atoms with Crippen LogP contribution in [-0.2, 0) is 0 Å². The van der Waals surface area contributed by atoms with Gasteiger partial charge in [0.2, 0.25) is 0 Å². The van der Waals surface area contributed by atoms with Gasteiger partial charge in [-0.2, -0.15) is 0 Å². The van der Waals surface area contributed by atoms with Gasteiger partial charge in [-0.1, -0.05) is 6.07 Å². The average Bonchev–Trinajstić information content (AvgIpc) is 2.52. The standard InChI is InChI=1S/C10H9IOS2/c1-12-6-4-3-5-7-8(6)9(13-2)10(11)14-7/h3-5H,1-2H3. The first-order chi connectivity index (χ1) is 6.77. The van der Waals surface area contributed by atoms with Crippen LogP contribution in [0.25, 0.3) is 10.1 Å². The predicted octanol–water partition coefficient (Wildman–Crippen LogP) is 4.24. The monoisotopic (exact) mass is 336 g/mol. The average molecular weight is 336 g/mol. The third-order valence-corrected chi connectivity index (χ3v) is 5.47. The Kier molecular flexibility index (Phi) is 3.23. The van der Waals surface area contributed by atoms with Crippen molar-refractivity contribution in [1.82, 2.24) is 0 Å². The highest BCUT2D eigenvalue weighted by molar-refractivity contribution is 14.1. The summed E-state index contributed by atoms with van der Waals surface area (Å²) in [4.78, 5) is 1.34. The maximum absolute atomic E-state index is 5.37. The van der Waals surface area contributed by atoms with Crippen LogP contribution in [0.15, 0.2) is 23.1 Å². The molecule has 1 heterocycles. The molecule has 0 amide bonds. The number of benzene rings is 1. The lowest BCUT2D eigenvalue weighted by atomic mass is 10.2. The number of thiophene rings is 1. The van der Waals surface area contributed by atoms with Gasteiger partial charge in [0.15, 0.2) is 0 Å². The molecule has 0 fully saturated rings. The molecular weight excluding hydrogens is 327 g/mol. The summed E-state index contributed by atoms with van der Waals surface area (Å²) in [5, 5.41) is 1.26. The van der Waals surface area contributed by atoms with Crippen molar-refractivity contribution in [2.24, 2.45) is 0 Å². The first-order valence-corrected chi connectivity index (χ1v) is 7.19. The zero-order valence-corrected chi connectivity index (χ0v) is 11.6. The molecule has 1 aromatic carbocycles. The van der Waals surface area contributed by atoms with E-state index in [0.29, 0.717) is 0 Å². The van der Waals surface area contributed by atoms with Crippen LogP contribution in [-0.4, -0.2) is 13.4 Å². The molecule has 0 aliphatic rings. The van der Waals surface area contributed by atoms with E-state index in [-0.39, 0.29) is 0 Å². The molecule has 0 spiro atoms. The normalized spacial score (nSPS) is 10.8. The first-order valence-electron chi connectivity index (χ1n) is 4.07. The van der Waals surface area contributed by atoms with Crippen LogP contribution in [0.4, 0.5) is 0 Å². The van der Waals surface area contributed by atoms with E-state index in [9.17, 15) is 0 Å².